The molecule has 136 valence electrons. The Kier molecular flexibility index (Phi) is 3.86. The van der Waals surface area contributed by atoms with Crippen LogP contribution in [0, 0.1) is 11.3 Å². The van der Waals surface area contributed by atoms with E-state index in [1.807, 2.05) is 6.92 Å². The highest BCUT2D eigenvalue weighted by atomic mass is 32.2. The van der Waals surface area contributed by atoms with Gasteiger partial charge in [-0.25, -0.2) is 8.42 Å². The number of benzene rings is 1. The fourth-order valence-corrected chi connectivity index (χ4v) is 4.32. The van der Waals surface area contributed by atoms with Gasteiger partial charge in [0.1, 0.15) is 5.39 Å². The van der Waals surface area contributed by atoms with Crippen molar-refractivity contribution in [2.45, 2.75) is 24.3 Å². The monoisotopic (exact) mass is 381 g/mol. The molecule has 0 bridgehead atoms. The molecule has 0 fully saturated rings. The van der Waals surface area contributed by atoms with Crippen molar-refractivity contribution in [1.82, 2.24) is 14.8 Å². The Morgan fingerprint density at radius 2 is 2.19 bits per heavy atom. The van der Waals surface area contributed by atoms with E-state index in [9.17, 15) is 13.2 Å². The molecule has 0 unspecified atom stereocenters. The number of sulfone groups is 1. The van der Waals surface area contributed by atoms with Gasteiger partial charge < -0.3 is 10.3 Å². The van der Waals surface area contributed by atoms with Crippen molar-refractivity contribution in [3.05, 3.63) is 51.8 Å². The molecule has 4 rings (SSSR count). The van der Waals surface area contributed by atoms with Gasteiger partial charge in [0.05, 0.1) is 28.9 Å². The third kappa shape index (κ3) is 2.80. The molecule has 0 spiro atoms. The first kappa shape index (κ1) is 17.1. The maximum atomic E-state index is 12.4. The van der Waals surface area contributed by atoms with E-state index in [4.69, 9.17) is 5.26 Å². The van der Waals surface area contributed by atoms with Crippen molar-refractivity contribution in [3.63, 3.8) is 0 Å². The lowest BCUT2D eigenvalue weighted by Crippen LogP contribution is -2.08. The number of anilines is 2. The van der Waals surface area contributed by atoms with E-state index >= 15 is 0 Å². The zero-order valence-corrected chi connectivity index (χ0v) is 15.1. The molecule has 3 aromatic rings. The summed E-state index contributed by atoms with van der Waals surface area (Å²) in [6.45, 7) is 1.85. The van der Waals surface area contributed by atoms with Gasteiger partial charge in [0, 0.05) is 17.3 Å². The summed E-state index contributed by atoms with van der Waals surface area (Å²) in [5, 5.41) is 18.1. The summed E-state index contributed by atoms with van der Waals surface area (Å²) in [5.41, 5.74) is 1.51. The quantitative estimate of drug-likeness (QED) is 0.717. The molecule has 0 aliphatic carbocycles. The first-order valence-corrected chi connectivity index (χ1v) is 9.76. The van der Waals surface area contributed by atoms with E-state index in [0.29, 0.717) is 28.0 Å². The molecule has 3 heterocycles. The molecule has 2 N–H and O–H groups in total. The minimum Gasteiger partial charge on any atom is -0.338 e. The number of nitrogens with one attached hydrogen (secondary N) is 2. The second-order valence-electron chi connectivity index (χ2n) is 6.30. The van der Waals surface area contributed by atoms with Crippen LogP contribution in [0.2, 0.25) is 0 Å². The van der Waals surface area contributed by atoms with E-state index in [1.165, 1.54) is 23.7 Å². The first-order valence-electron chi connectivity index (χ1n) is 8.22. The maximum Gasteiger partial charge on any atom is 0.261 e. The first-order chi connectivity index (χ1) is 12.9. The van der Waals surface area contributed by atoms with Crippen LogP contribution in [0.3, 0.4) is 0 Å². The van der Waals surface area contributed by atoms with E-state index < -0.39 is 9.84 Å². The number of fused-ring (bicyclic) bond motifs is 2. The molecule has 8 nitrogen and oxygen atoms in total. The number of aromatic amines is 1. The van der Waals surface area contributed by atoms with E-state index in [1.54, 1.807) is 22.9 Å². The molecule has 27 heavy (non-hydrogen) atoms. The summed E-state index contributed by atoms with van der Waals surface area (Å²) in [5.74, 6) is 0.349. The maximum absolute atomic E-state index is 12.4. The fraction of sp³-hybridized carbons (Fsp3) is 0.167. The molecule has 0 amide bonds. The molecule has 1 aliphatic rings. The SMILES string of the molecule is C[C@@H](CC#N)n1nc(Nc2ccc3c(c2)C=CS3(=O)=O)c2c(=O)[nH]ccc21. The second-order valence-corrected chi connectivity index (χ2v) is 8.10. The number of hydrogen-bond acceptors (Lipinski definition) is 6. The Bertz CT molecular complexity index is 1290. The average Bonchev–Trinajstić information content (AvgIpc) is 3.14. The van der Waals surface area contributed by atoms with Crippen molar-refractivity contribution < 1.29 is 8.42 Å². The molecular formula is C18H15N5O3S. The smallest absolute Gasteiger partial charge is 0.261 e. The van der Waals surface area contributed by atoms with Crippen molar-refractivity contribution in [2.75, 3.05) is 5.32 Å². The van der Waals surface area contributed by atoms with Gasteiger partial charge in [0.2, 0.25) is 0 Å². The lowest BCUT2D eigenvalue weighted by molar-refractivity contribution is 0.518. The lowest BCUT2D eigenvalue weighted by atomic mass is 10.2. The molecule has 2 aromatic heterocycles. The zero-order chi connectivity index (χ0) is 19.2. The second kappa shape index (κ2) is 6.10. The van der Waals surface area contributed by atoms with Crippen LogP contribution >= 0.6 is 0 Å². The predicted molar refractivity (Wildman–Crippen MR) is 101 cm³/mol. The van der Waals surface area contributed by atoms with Gasteiger partial charge in [0.15, 0.2) is 15.7 Å². The summed E-state index contributed by atoms with van der Waals surface area (Å²) in [7, 11) is -3.36. The molecule has 0 saturated heterocycles. The van der Waals surface area contributed by atoms with Crippen LogP contribution in [0.25, 0.3) is 17.0 Å². The van der Waals surface area contributed by atoms with Gasteiger partial charge >= 0.3 is 0 Å². The van der Waals surface area contributed by atoms with Gasteiger partial charge in [-0.1, -0.05) is 0 Å². The Morgan fingerprint density at radius 3 is 2.96 bits per heavy atom. The normalized spacial score (nSPS) is 15.4. The van der Waals surface area contributed by atoms with Crippen LogP contribution in [0.15, 0.2) is 45.6 Å². The Labute approximate surface area is 154 Å². The highest BCUT2D eigenvalue weighted by Crippen LogP contribution is 2.31. The zero-order valence-electron chi connectivity index (χ0n) is 14.3. The molecule has 1 aliphatic heterocycles. The minimum atomic E-state index is -3.36. The predicted octanol–water partition coefficient (Wildman–Crippen LogP) is 2.70. The highest BCUT2D eigenvalue weighted by molar-refractivity contribution is 7.94. The molecule has 0 radical (unpaired) electrons. The Hall–Kier alpha value is -3.38. The van der Waals surface area contributed by atoms with E-state index in [0.717, 1.165) is 0 Å². The van der Waals surface area contributed by atoms with Crippen LogP contribution in [-0.2, 0) is 9.84 Å². The number of aromatic nitrogens is 3. The summed E-state index contributed by atoms with van der Waals surface area (Å²) < 4.78 is 25.4. The Morgan fingerprint density at radius 1 is 1.37 bits per heavy atom. The third-order valence-electron chi connectivity index (χ3n) is 4.44. The summed E-state index contributed by atoms with van der Waals surface area (Å²) in [4.78, 5) is 15.2. The molecule has 1 atom stereocenters. The summed E-state index contributed by atoms with van der Waals surface area (Å²) >= 11 is 0. The van der Waals surface area contributed by atoms with Crippen molar-refractivity contribution in [1.29, 1.82) is 5.26 Å². The van der Waals surface area contributed by atoms with Crippen LogP contribution in [0.5, 0.6) is 0 Å². The van der Waals surface area contributed by atoms with Crippen LogP contribution < -0.4 is 10.9 Å². The van der Waals surface area contributed by atoms with Crippen LogP contribution in [0.4, 0.5) is 11.5 Å². The number of rotatable bonds is 4. The number of H-pyrrole nitrogens is 1. The van der Waals surface area contributed by atoms with Gasteiger partial charge in [-0.2, -0.15) is 10.4 Å². The standard InChI is InChI=1S/C18H15N5O3S/c1-11(4-7-19)23-14-5-8-20-18(24)16(14)17(22-23)21-13-2-3-15-12(10-13)6-9-27(15,25)26/h2-3,5-6,8-11H,4H2,1H3,(H,20,24)(H,21,22)/t11-/m0/s1. The average molecular weight is 381 g/mol. The van der Waals surface area contributed by atoms with E-state index in [-0.39, 0.29) is 22.9 Å². The van der Waals surface area contributed by atoms with Gasteiger partial charge in [0.25, 0.3) is 5.56 Å². The molecule has 9 heteroatoms. The fourth-order valence-electron chi connectivity index (χ4n) is 3.13. The summed E-state index contributed by atoms with van der Waals surface area (Å²) in [6, 6.07) is 8.48. The van der Waals surface area contributed by atoms with Crippen molar-refractivity contribution in [3.8, 4) is 6.07 Å². The van der Waals surface area contributed by atoms with Crippen LogP contribution in [-0.4, -0.2) is 23.2 Å². The highest BCUT2D eigenvalue weighted by Gasteiger charge is 2.22. The third-order valence-corrected chi connectivity index (χ3v) is 5.92. The van der Waals surface area contributed by atoms with Crippen molar-refractivity contribution >= 4 is 38.3 Å². The topological polar surface area (TPSA) is 121 Å². The molecular weight excluding hydrogens is 366 g/mol. The van der Waals surface area contributed by atoms with Crippen molar-refractivity contribution in [2.24, 2.45) is 0 Å². The molecule has 0 saturated carbocycles. The number of nitrogens with zero attached hydrogens (tertiary/aromatic N) is 3. The minimum absolute atomic E-state index is 0.206. The van der Waals surface area contributed by atoms with E-state index in [2.05, 4.69) is 21.5 Å². The number of hydrogen-bond donors (Lipinski definition) is 2. The number of nitriles is 1. The number of pyridine rings is 1. The van der Waals surface area contributed by atoms with Gasteiger partial charge in [-0.05, 0) is 42.8 Å². The largest absolute Gasteiger partial charge is 0.338 e. The van der Waals surface area contributed by atoms with Gasteiger partial charge in [-0.3, -0.25) is 9.48 Å². The lowest BCUT2D eigenvalue weighted by Gasteiger charge is -2.09. The van der Waals surface area contributed by atoms with Gasteiger partial charge in [-0.15, -0.1) is 0 Å². The molecule has 1 aromatic carbocycles. The summed E-state index contributed by atoms with van der Waals surface area (Å²) in [6.07, 6.45) is 3.33. The Balaban J connectivity index is 1.80. The van der Waals surface area contributed by atoms with Crippen LogP contribution in [0.1, 0.15) is 24.9 Å².